The van der Waals surface area contributed by atoms with Crippen LogP contribution < -0.4 is 0 Å². The van der Waals surface area contributed by atoms with Crippen LogP contribution in [-0.4, -0.2) is 38.0 Å². The Labute approximate surface area is 180 Å². The van der Waals surface area contributed by atoms with Gasteiger partial charge in [-0.25, -0.2) is 9.50 Å². The summed E-state index contributed by atoms with van der Waals surface area (Å²) < 4.78 is 42.4. The van der Waals surface area contributed by atoms with Crippen LogP contribution >= 0.6 is 15.9 Å². The molecule has 0 bridgehead atoms. The summed E-state index contributed by atoms with van der Waals surface area (Å²) in [5.41, 5.74) is -0.333. The van der Waals surface area contributed by atoms with E-state index in [1.165, 1.54) is 0 Å². The van der Waals surface area contributed by atoms with Gasteiger partial charge >= 0.3 is 6.18 Å². The van der Waals surface area contributed by atoms with Gasteiger partial charge < -0.3 is 4.90 Å². The Morgan fingerprint density at radius 2 is 1.97 bits per heavy atom. The first kappa shape index (κ1) is 20.8. The predicted molar refractivity (Wildman–Crippen MR) is 110 cm³/mol. The second kappa shape index (κ2) is 8.02. The van der Waals surface area contributed by atoms with Crippen molar-refractivity contribution in [1.29, 1.82) is 0 Å². The van der Waals surface area contributed by atoms with Crippen LogP contribution in [0, 0.1) is 0 Å². The maximum Gasteiger partial charge on any atom is 0.433 e. The lowest BCUT2D eigenvalue weighted by atomic mass is 9.99. The van der Waals surface area contributed by atoms with Crippen molar-refractivity contribution in [3.63, 3.8) is 0 Å². The summed E-state index contributed by atoms with van der Waals surface area (Å²) >= 11 is 3.31. The first-order valence-corrected chi connectivity index (χ1v) is 10.6. The number of piperidine rings is 1. The second-order valence-corrected chi connectivity index (χ2v) is 8.14. The number of hydrogen-bond donors (Lipinski definition) is 0. The molecule has 30 heavy (non-hydrogen) atoms. The minimum Gasteiger partial charge on any atom is -0.334 e. The van der Waals surface area contributed by atoms with Gasteiger partial charge in [-0.15, -0.1) is 0 Å². The molecule has 1 atom stereocenters. The molecule has 1 aliphatic heterocycles. The SMILES string of the molecule is CC[C@H]1CCCCN1C(=O)c1nn2c(C(F)(F)F)cc(-c3ccccc3)nc2c1Br. The Bertz CT molecular complexity index is 1080. The van der Waals surface area contributed by atoms with Gasteiger partial charge in [-0.05, 0) is 47.7 Å². The number of alkyl halides is 3. The Morgan fingerprint density at radius 3 is 2.63 bits per heavy atom. The number of carbonyl (C=O) groups is 1. The molecule has 0 spiro atoms. The summed E-state index contributed by atoms with van der Waals surface area (Å²) in [4.78, 5) is 19.3. The number of rotatable bonds is 3. The zero-order valence-corrected chi connectivity index (χ0v) is 17.9. The zero-order valence-electron chi connectivity index (χ0n) is 16.3. The average Bonchev–Trinajstić information content (AvgIpc) is 3.09. The molecule has 3 aromatic rings. The van der Waals surface area contributed by atoms with Gasteiger partial charge in [0.1, 0.15) is 0 Å². The number of halogens is 4. The van der Waals surface area contributed by atoms with E-state index in [1.807, 2.05) is 6.92 Å². The van der Waals surface area contributed by atoms with Crippen molar-refractivity contribution in [2.24, 2.45) is 0 Å². The molecule has 1 aromatic carbocycles. The van der Waals surface area contributed by atoms with Crippen molar-refractivity contribution in [3.05, 3.63) is 52.3 Å². The van der Waals surface area contributed by atoms with E-state index >= 15 is 0 Å². The van der Waals surface area contributed by atoms with E-state index in [9.17, 15) is 18.0 Å². The molecule has 3 heterocycles. The summed E-state index contributed by atoms with van der Waals surface area (Å²) in [6, 6.07) is 9.65. The highest BCUT2D eigenvalue weighted by molar-refractivity contribution is 9.10. The topological polar surface area (TPSA) is 50.5 Å². The first-order chi connectivity index (χ1) is 14.3. The third-order valence-corrected chi connectivity index (χ3v) is 6.18. The number of aromatic nitrogens is 3. The average molecular weight is 481 g/mol. The van der Waals surface area contributed by atoms with E-state index < -0.39 is 11.9 Å². The summed E-state index contributed by atoms with van der Waals surface area (Å²) in [5, 5.41) is 4.05. The predicted octanol–water partition coefficient (Wildman–Crippen LogP) is 5.58. The molecule has 0 N–H and O–H groups in total. The maximum atomic E-state index is 13.8. The molecule has 1 amide bonds. The van der Waals surface area contributed by atoms with Crippen molar-refractivity contribution in [2.45, 2.75) is 44.8 Å². The van der Waals surface area contributed by atoms with Crippen LogP contribution in [0.1, 0.15) is 48.8 Å². The monoisotopic (exact) mass is 480 g/mol. The smallest absolute Gasteiger partial charge is 0.334 e. The van der Waals surface area contributed by atoms with E-state index in [4.69, 9.17) is 0 Å². The van der Waals surface area contributed by atoms with Gasteiger partial charge in [0.15, 0.2) is 17.0 Å². The van der Waals surface area contributed by atoms with E-state index in [0.717, 1.165) is 31.7 Å². The van der Waals surface area contributed by atoms with Gasteiger partial charge in [-0.2, -0.15) is 18.3 Å². The molecule has 9 heteroatoms. The number of amides is 1. The van der Waals surface area contributed by atoms with Gasteiger partial charge in [0.05, 0.1) is 10.2 Å². The van der Waals surface area contributed by atoms with Gasteiger partial charge in [0, 0.05) is 18.2 Å². The third kappa shape index (κ3) is 3.71. The minimum absolute atomic E-state index is 0.0305. The Balaban J connectivity index is 1.87. The van der Waals surface area contributed by atoms with Crippen LogP contribution in [0.3, 0.4) is 0 Å². The normalized spacial score (nSPS) is 17.5. The number of fused-ring (bicyclic) bond motifs is 1. The lowest BCUT2D eigenvalue weighted by Gasteiger charge is -2.34. The Morgan fingerprint density at radius 1 is 1.23 bits per heavy atom. The number of nitrogens with zero attached hydrogens (tertiary/aromatic N) is 4. The fraction of sp³-hybridized carbons (Fsp3) is 0.381. The molecule has 158 valence electrons. The van der Waals surface area contributed by atoms with E-state index in [1.54, 1.807) is 35.2 Å². The van der Waals surface area contributed by atoms with E-state index in [-0.39, 0.29) is 33.5 Å². The van der Waals surface area contributed by atoms with Crippen molar-refractivity contribution >= 4 is 27.5 Å². The quantitative estimate of drug-likeness (QED) is 0.491. The number of carbonyl (C=O) groups excluding carboxylic acids is 1. The fourth-order valence-corrected chi connectivity index (χ4v) is 4.42. The van der Waals surface area contributed by atoms with E-state index in [2.05, 4.69) is 26.0 Å². The molecule has 0 unspecified atom stereocenters. The van der Waals surface area contributed by atoms with Gasteiger partial charge in [-0.3, -0.25) is 4.79 Å². The van der Waals surface area contributed by atoms with Crippen LogP contribution in [0.5, 0.6) is 0 Å². The largest absolute Gasteiger partial charge is 0.433 e. The second-order valence-electron chi connectivity index (χ2n) is 7.34. The molecule has 2 aromatic heterocycles. The van der Waals surface area contributed by atoms with Crippen LogP contribution in [0.15, 0.2) is 40.9 Å². The highest BCUT2D eigenvalue weighted by Gasteiger charge is 2.37. The molecule has 0 saturated carbocycles. The van der Waals surface area contributed by atoms with Crippen LogP contribution in [0.2, 0.25) is 0 Å². The fourth-order valence-electron chi connectivity index (χ4n) is 3.92. The highest BCUT2D eigenvalue weighted by Crippen LogP contribution is 2.35. The van der Waals surface area contributed by atoms with E-state index in [0.29, 0.717) is 16.6 Å². The molecular weight excluding hydrogens is 461 g/mol. The molecule has 1 fully saturated rings. The molecule has 0 radical (unpaired) electrons. The molecule has 1 aliphatic rings. The summed E-state index contributed by atoms with van der Waals surface area (Å²) in [7, 11) is 0. The summed E-state index contributed by atoms with van der Waals surface area (Å²) in [5.74, 6) is -0.367. The number of likely N-dealkylation sites (tertiary alicyclic amines) is 1. The molecule has 5 nitrogen and oxygen atoms in total. The maximum absolute atomic E-state index is 13.8. The van der Waals surface area contributed by atoms with Crippen LogP contribution in [0.25, 0.3) is 16.9 Å². The van der Waals surface area contributed by atoms with Crippen molar-refractivity contribution < 1.29 is 18.0 Å². The van der Waals surface area contributed by atoms with Crippen molar-refractivity contribution in [3.8, 4) is 11.3 Å². The molecule has 0 aliphatic carbocycles. The number of benzene rings is 1. The summed E-state index contributed by atoms with van der Waals surface area (Å²) in [6.07, 6.45) is -1.07. The molecule has 4 rings (SSSR count). The minimum atomic E-state index is -4.66. The summed E-state index contributed by atoms with van der Waals surface area (Å²) in [6.45, 7) is 2.58. The number of hydrogen-bond acceptors (Lipinski definition) is 3. The van der Waals surface area contributed by atoms with Gasteiger partial charge in [0.25, 0.3) is 5.91 Å². The standard InChI is InChI=1S/C21H20BrF3N4O/c1-2-14-10-6-7-11-28(14)20(30)18-17(22)19-26-15(13-8-4-3-5-9-13)12-16(21(23,24)25)29(19)27-18/h3-5,8-9,12,14H,2,6-7,10-11H2,1H3/t14-/m0/s1. The first-order valence-electron chi connectivity index (χ1n) is 9.84. The van der Waals surface area contributed by atoms with Crippen LogP contribution in [0.4, 0.5) is 13.2 Å². The van der Waals surface area contributed by atoms with Crippen molar-refractivity contribution in [2.75, 3.05) is 6.54 Å². The Hall–Kier alpha value is -2.42. The molecular formula is C21H20BrF3N4O. The Kier molecular flexibility index (Phi) is 5.57. The van der Waals surface area contributed by atoms with Gasteiger partial charge in [0.2, 0.25) is 0 Å². The lowest BCUT2D eigenvalue weighted by molar-refractivity contribution is -0.142. The van der Waals surface area contributed by atoms with Crippen LogP contribution in [-0.2, 0) is 6.18 Å². The highest BCUT2D eigenvalue weighted by atomic mass is 79.9. The van der Waals surface area contributed by atoms with Crippen molar-refractivity contribution in [1.82, 2.24) is 19.5 Å². The molecule has 1 saturated heterocycles. The zero-order chi connectivity index (χ0) is 21.5. The van der Waals surface area contributed by atoms with Gasteiger partial charge in [-0.1, -0.05) is 37.3 Å². The third-order valence-electron chi connectivity index (χ3n) is 5.45. The lowest BCUT2D eigenvalue weighted by Crippen LogP contribution is -2.43.